The molecule has 2 rings (SSSR count). The van der Waals surface area contributed by atoms with Crippen LogP contribution < -0.4 is 10.6 Å². The molecule has 1 aliphatic rings. The molecule has 0 amide bonds. The van der Waals surface area contributed by atoms with Gasteiger partial charge in [-0.2, -0.15) is 0 Å². The molecule has 0 spiro atoms. The van der Waals surface area contributed by atoms with Crippen LogP contribution in [0.1, 0.15) is 43.0 Å². The molecule has 0 bridgehead atoms. The number of aliphatic hydroxyl groups excluding tert-OH is 1. The van der Waals surface area contributed by atoms with Crippen LogP contribution in [0.15, 0.2) is 18.2 Å². The molecule has 1 unspecified atom stereocenters. The van der Waals surface area contributed by atoms with Crippen LogP contribution in [-0.4, -0.2) is 30.1 Å². The van der Waals surface area contributed by atoms with E-state index in [1.54, 1.807) is 6.92 Å². The second-order valence-corrected chi connectivity index (χ2v) is 5.18. The van der Waals surface area contributed by atoms with Crippen LogP contribution in [0.2, 0.25) is 0 Å². The normalized spacial score (nSPS) is 18.8. The Morgan fingerprint density at radius 2 is 2.32 bits per heavy atom. The molecule has 19 heavy (non-hydrogen) atoms. The van der Waals surface area contributed by atoms with Gasteiger partial charge in [-0.15, -0.1) is 0 Å². The van der Waals surface area contributed by atoms with Gasteiger partial charge >= 0.3 is 0 Å². The Morgan fingerprint density at radius 1 is 1.53 bits per heavy atom. The number of nitrogens with two attached hydrogens (primary N) is 1. The molecule has 1 aromatic rings. The highest BCUT2D eigenvalue weighted by molar-refractivity contribution is 6.00. The minimum absolute atomic E-state index is 0.00505. The summed E-state index contributed by atoms with van der Waals surface area (Å²) in [6.07, 6.45) is 4.14. The van der Waals surface area contributed by atoms with Crippen LogP contribution in [0, 0.1) is 0 Å². The van der Waals surface area contributed by atoms with E-state index in [-0.39, 0.29) is 12.4 Å². The predicted octanol–water partition coefficient (Wildman–Crippen LogP) is 2.21. The summed E-state index contributed by atoms with van der Waals surface area (Å²) in [6, 6.07) is 6.16. The van der Waals surface area contributed by atoms with Gasteiger partial charge in [-0.05, 0) is 50.8 Å². The molecule has 0 aromatic heterocycles. The lowest BCUT2D eigenvalue weighted by Gasteiger charge is -2.27. The van der Waals surface area contributed by atoms with Gasteiger partial charge in [0.2, 0.25) is 0 Å². The van der Waals surface area contributed by atoms with E-state index in [0.717, 1.165) is 37.9 Å². The maximum atomic E-state index is 11.6. The highest BCUT2D eigenvalue weighted by Gasteiger charge is 2.24. The van der Waals surface area contributed by atoms with Gasteiger partial charge in [-0.3, -0.25) is 4.79 Å². The molecule has 104 valence electrons. The maximum Gasteiger partial charge on any atom is 0.161 e. The van der Waals surface area contributed by atoms with Crippen molar-refractivity contribution in [2.75, 3.05) is 23.8 Å². The molecular formula is C15H22N2O2. The average molecular weight is 262 g/mol. The van der Waals surface area contributed by atoms with Gasteiger partial charge in [0.15, 0.2) is 5.78 Å². The van der Waals surface area contributed by atoms with Crippen LogP contribution >= 0.6 is 0 Å². The number of carbonyl (C=O) groups excluding carboxylic acids is 1. The third-order valence-corrected chi connectivity index (χ3v) is 3.82. The molecule has 1 saturated heterocycles. The van der Waals surface area contributed by atoms with Crippen LogP contribution in [0.4, 0.5) is 11.4 Å². The summed E-state index contributed by atoms with van der Waals surface area (Å²) in [7, 11) is 0. The topological polar surface area (TPSA) is 66.6 Å². The van der Waals surface area contributed by atoms with Crippen molar-refractivity contribution in [1.82, 2.24) is 0 Å². The van der Waals surface area contributed by atoms with Crippen LogP contribution in [0.25, 0.3) is 0 Å². The fourth-order valence-electron chi connectivity index (χ4n) is 2.83. The zero-order valence-corrected chi connectivity index (χ0v) is 11.4. The number of carbonyl (C=O) groups is 1. The van der Waals surface area contributed by atoms with Gasteiger partial charge in [-0.1, -0.05) is 0 Å². The zero-order valence-electron chi connectivity index (χ0n) is 11.4. The van der Waals surface area contributed by atoms with E-state index in [4.69, 9.17) is 10.8 Å². The van der Waals surface area contributed by atoms with Gasteiger partial charge in [-0.25, -0.2) is 0 Å². The highest BCUT2D eigenvalue weighted by Crippen LogP contribution is 2.30. The van der Waals surface area contributed by atoms with E-state index in [9.17, 15) is 4.79 Å². The van der Waals surface area contributed by atoms with Gasteiger partial charge in [0.05, 0.1) is 0 Å². The van der Waals surface area contributed by atoms with Crippen molar-refractivity contribution in [3.05, 3.63) is 23.8 Å². The van der Waals surface area contributed by atoms with Crippen molar-refractivity contribution in [3.63, 3.8) is 0 Å². The molecule has 1 aliphatic heterocycles. The largest absolute Gasteiger partial charge is 0.398 e. The van der Waals surface area contributed by atoms with E-state index in [0.29, 0.717) is 17.3 Å². The number of nitrogen functional groups attached to an aromatic ring is 1. The van der Waals surface area contributed by atoms with Crippen molar-refractivity contribution in [3.8, 4) is 0 Å². The van der Waals surface area contributed by atoms with Crippen LogP contribution in [0.3, 0.4) is 0 Å². The second-order valence-electron chi connectivity index (χ2n) is 5.18. The zero-order chi connectivity index (χ0) is 13.8. The number of ketones is 1. The summed E-state index contributed by atoms with van der Waals surface area (Å²) in [6.45, 7) is 2.80. The molecule has 4 nitrogen and oxygen atoms in total. The Labute approximate surface area is 114 Å². The van der Waals surface area contributed by atoms with Gasteiger partial charge in [0.25, 0.3) is 0 Å². The third-order valence-electron chi connectivity index (χ3n) is 3.82. The van der Waals surface area contributed by atoms with Crippen LogP contribution in [-0.2, 0) is 0 Å². The summed E-state index contributed by atoms with van der Waals surface area (Å²) < 4.78 is 0. The molecule has 1 aromatic carbocycles. The lowest BCUT2D eigenvalue weighted by atomic mass is 10.1. The molecule has 0 aliphatic carbocycles. The Kier molecular flexibility index (Phi) is 4.43. The number of benzene rings is 1. The Hall–Kier alpha value is -1.55. The van der Waals surface area contributed by atoms with E-state index >= 15 is 0 Å². The van der Waals surface area contributed by atoms with Crippen molar-refractivity contribution in [2.45, 2.75) is 38.6 Å². The van der Waals surface area contributed by atoms with Crippen molar-refractivity contribution >= 4 is 17.2 Å². The number of hydrogen-bond acceptors (Lipinski definition) is 4. The third kappa shape index (κ3) is 3.07. The van der Waals surface area contributed by atoms with E-state index < -0.39 is 0 Å². The number of anilines is 2. The number of aliphatic hydroxyl groups is 1. The fraction of sp³-hybridized carbons (Fsp3) is 0.533. The number of nitrogens with zero attached hydrogens (tertiary/aromatic N) is 1. The van der Waals surface area contributed by atoms with Crippen molar-refractivity contribution < 1.29 is 9.90 Å². The predicted molar refractivity (Wildman–Crippen MR) is 77.5 cm³/mol. The van der Waals surface area contributed by atoms with Gasteiger partial charge in [0.1, 0.15) is 0 Å². The van der Waals surface area contributed by atoms with Gasteiger partial charge < -0.3 is 15.7 Å². The molecule has 1 heterocycles. The monoisotopic (exact) mass is 262 g/mol. The molecule has 0 radical (unpaired) electrons. The van der Waals surface area contributed by atoms with E-state index in [1.807, 2.05) is 18.2 Å². The second kappa shape index (κ2) is 6.06. The number of rotatable bonds is 5. The smallest absolute Gasteiger partial charge is 0.161 e. The van der Waals surface area contributed by atoms with E-state index in [2.05, 4.69) is 4.90 Å². The first-order chi connectivity index (χ1) is 9.13. The summed E-state index contributed by atoms with van der Waals surface area (Å²) in [4.78, 5) is 13.9. The van der Waals surface area contributed by atoms with Crippen molar-refractivity contribution in [2.24, 2.45) is 0 Å². The Morgan fingerprint density at radius 3 is 3.00 bits per heavy atom. The molecular weight excluding hydrogens is 240 g/mol. The quantitative estimate of drug-likeness (QED) is 0.630. The fourth-order valence-corrected chi connectivity index (χ4v) is 2.83. The van der Waals surface area contributed by atoms with Gasteiger partial charge in [0, 0.05) is 36.1 Å². The minimum Gasteiger partial charge on any atom is -0.398 e. The molecule has 3 N–H and O–H groups in total. The lowest BCUT2D eigenvalue weighted by Crippen LogP contribution is -2.29. The summed E-state index contributed by atoms with van der Waals surface area (Å²) in [5.74, 6) is 0.00505. The first-order valence-corrected chi connectivity index (χ1v) is 6.91. The molecule has 0 saturated carbocycles. The highest BCUT2D eigenvalue weighted by atomic mass is 16.2. The van der Waals surface area contributed by atoms with Crippen LogP contribution in [0.5, 0.6) is 0 Å². The van der Waals surface area contributed by atoms with Crippen molar-refractivity contribution in [1.29, 1.82) is 0 Å². The Balaban J connectivity index is 2.20. The standard InChI is InChI=1S/C15H22N2O2/c1-11(19)14-10-13(6-7-15(14)16)17-8-2-4-12(17)5-3-9-18/h6-7,10,12,18H,2-5,8-9,16H2,1H3. The lowest BCUT2D eigenvalue weighted by molar-refractivity contribution is 0.101. The first-order valence-electron chi connectivity index (χ1n) is 6.91. The molecule has 4 heteroatoms. The SMILES string of the molecule is CC(=O)c1cc(N2CCCC2CCCO)ccc1N. The summed E-state index contributed by atoms with van der Waals surface area (Å²) >= 11 is 0. The molecule has 1 fully saturated rings. The molecule has 1 atom stereocenters. The Bertz CT molecular complexity index is 459. The summed E-state index contributed by atoms with van der Waals surface area (Å²) in [5.41, 5.74) is 8.05. The number of Topliss-reactive ketones (excluding diaryl/α,β-unsaturated/α-hetero) is 1. The first kappa shape index (κ1) is 13.9. The summed E-state index contributed by atoms with van der Waals surface area (Å²) in [5, 5.41) is 8.96. The van der Waals surface area contributed by atoms with E-state index in [1.165, 1.54) is 0 Å². The maximum absolute atomic E-state index is 11.6. The average Bonchev–Trinajstić information content (AvgIpc) is 2.85. The number of hydrogen-bond donors (Lipinski definition) is 2. The minimum atomic E-state index is 0.00505.